The summed E-state index contributed by atoms with van der Waals surface area (Å²) in [4.78, 5) is 8.26. The Hall–Kier alpha value is -2.49. The molecule has 9 heteroatoms. The molecule has 0 aliphatic heterocycles. The molecule has 1 aromatic heterocycles. The average Bonchev–Trinajstić information content (AvgIpc) is 2.76. The van der Waals surface area contributed by atoms with Crippen molar-refractivity contribution in [3.63, 3.8) is 0 Å². The average molecular weight is 476 g/mol. The molecular weight excluding hydrogens is 445 g/mol. The van der Waals surface area contributed by atoms with E-state index in [9.17, 15) is 4.39 Å². The smallest absolute Gasteiger partial charge is 0.163 e. The number of hydrogen-bond donors (Lipinski definition) is 1. The van der Waals surface area contributed by atoms with Crippen LogP contribution in [-0.4, -0.2) is 50.4 Å². The fraction of sp³-hybridized carbons (Fsp3) is 0.300. The number of aromatic nitrogens is 2. The summed E-state index contributed by atoms with van der Waals surface area (Å²) in [5.41, 5.74) is 0.558. The third-order valence-corrected chi connectivity index (χ3v) is 4.24. The van der Waals surface area contributed by atoms with Gasteiger partial charge >= 0.3 is 0 Å². The number of benzene rings is 2. The van der Waals surface area contributed by atoms with Crippen molar-refractivity contribution < 1.29 is 37.0 Å². The van der Waals surface area contributed by atoms with E-state index >= 15 is 0 Å². The molecule has 7 nitrogen and oxygen atoms in total. The van der Waals surface area contributed by atoms with E-state index in [0.29, 0.717) is 5.69 Å². The van der Waals surface area contributed by atoms with Gasteiger partial charge in [-0.3, -0.25) is 0 Å². The largest absolute Gasteiger partial charge is 0.487 e. The van der Waals surface area contributed by atoms with Crippen LogP contribution in [0.4, 0.5) is 15.9 Å². The van der Waals surface area contributed by atoms with Crippen molar-refractivity contribution in [2.45, 2.75) is 0 Å². The number of rotatable bonds is 10. The predicted molar refractivity (Wildman–Crippen MR) is 112 cm³/mol. The molecule has 0 bridgehead atoms. The number of ether oxygens (including phenoxy) is 4. The maximum atomic E-state index is 14.0. The third kappa shape index (κ3) is 5.53. The van der Waals surface area contributed by atoms with Crippen LogP contribution >= 0.6 is 15.9 Å². The third-order valence-electron chi connectivity index (χ3n) is 3.60. The lowest BCUT2D eigenvalue weighted by atomic mass is 10.2. The maximum Gasteiger partial charge on any atom is 0.163 e. The van der Waals surface area contributed by atoms with Crippen LogP contribution in [0.25, 0.3) is 10.9 Å². The first-order valence-corrected chi connectivity index (χ1v) is 8.79. The van der Waals surface area contributed by atoms with Gasteiger partial charge in [-0.05, 0) is 40.2 Å². The van der Waals surface area contributed by atoms with Crippen molar-refractivity contribution in [2.75, 3.05) is 45.7 Å². The number of nitrogens with zero attached hydrogens (tertiary/aromatic N) is 2. The first-order valence-electron chi connectivity index (χ1n) is 13.0. The highest BCUT2D eigenvalue weighted by Crippen LogP contribution is 2.35. The number of methoxy groups -OCH3 is 2. The topological polar surface area (TPSA) is 74.7 Å². The van der Waals surface area contributed by atoms with Gasteiger partial charge in [0.15, 0.2) is 11.5 Å². The molecule has 0 fully saturated rings. The molecule has 0 spiro atoms. The molecule has 1 N–H and O–H groups in total. The molecule has 0 saturated carbocycles. The number of halogens is 2. The molecule has 0 atom stereocenters. The summed E-state index contributed by atoms with van der Waals surface area (Å²) < 4.78 is 108. The molecule has 0 aliphatic rings. The van der Waals surface area contributed by atoms with E-state index in [0.717, 1.165) is 0 Å². The standard InChI is InChI=1S/C20H21BrFN3O4/c1-26-5-7-28-18-10-14-17(11-19(18)29-8-6-27-2)23-12-24-20(14)25-13-3-4-15(21)16(22)9-13/h3-4,9-12H,5-8H2,1-2H3,(H,23,24,25)/i1D3,2D3,5D2,6D2. The van der Waals surface area contributed by atoms with Crippen molar-refractivity contribution in [1.29, 1.82) is 0 Å². The molecule has 2 aromatic carbocycles. The molecule has 3 rings (SSSR count). The molecule has 154 valence electrons. The van der Waals surface area contributed by atoms with Crippen LogP contribution in [0.1, 0.15) is 13.7 Å². The lowest BCUT2D eigenvalue weighted by molar-refractivity contribution is 0.132. The van der Waals surface area contributed by atoms with E-state index in [1.807, 2.05) is 0 Å². The molecular formula is C20H21BrFN3O4. The Morgan fingerprint density at radius 1 is 1.07 bits per heavy atom. The van der Waals surface area contributed by atoms with Gasteiger partial charge in [-0.25, -0.2) is 14.4 Å². The van der Waals surface area contributed by atoms with Crippen molar-refractivity contribution in [2.24, 2.45) is 0 Å². The molecule has 0 amide bonds. The first-order chi connectivity index (χ1) is 17.8. The highest BCUT2D eigenvalue weighted by atomic mass is 79.9. The molecule has 1 heterocycles. The summed E-state index contributed by atoms with van der Waals surface area (Å²) in [6.45, 7) is -7.39. The van der Waals surface area contributed by atoms with Gasteiger partial charge in [-0.15, -0.1) is 0 Å². The Morgan fingerprint density at radius 3 is 2.48 bits per heavy atom. The maximum absolute atomic E-state index is 14.0. The molecule has 29 heavy (non-hydrogen) atoms. The molecule has 0 saturated heterocycles. The molecule has 0 aliphatic carbocycles. The Bertz CT molecular complexity index is 1330. The lowest BCUT2D eigenvalue weighted by Gasteiger charge is -2.15. The number of fused-ring (bicyclic) bond motifs is 1. The van der Waals surface area contributed by atoms with E-state index < -0.39 is 46.2 Å². The quantitative estimate of drug-likeness (QED) is 0.467. The fourth-order valence-electron chi connectivity index (χ4n) is 2.37. The second-order valence-electron chi connectivity index (χ2n) is 5.36. The number of hydrogen-bond acceptors (Lipinski definition) is 7. The number of anilines is 2. The van der Waals surface area contributed by atoms with Crippen molar-refractivity contribution in [1.82, 2.24) is 9.97 Å². The zero-order chi connectivity index (χ0) is 29.2. The SMILES string of the molecule is [2H]C([2H])([2H])OC([2H])([2H])COc1cc2ncnc(Nc3ccc(Br)c(F)c3)c2cc1OCC([2H])([2H])OC([2H])([2H])[2H]. The summed E-state index contributed by atoms with van der Waals surface area (Å²) in [5, 5.41) is 3.20. The van der Waals surface area contributed by atoms with Crippen LogP contribution < -0.4 is 14.8 Å². The Labute approximate surface area is 190 Å². The van der Waals surface area contributed by atoms with Crippen LogP contribution in [0, 0.1) is 5.82 Å². The van der Waals surface area contributed by atoms with Crippen molar-refractivity contribution in [3.8, 4) is 11.5 Å². The van der Waals surface area contributed by atoms with Gasteiger partial charge in [0.05, 0.1) is 36.8 Å². The lowest BCUT2D eigenvalue weighted by Crippen LogP contribution is -2.09. The van der Waals surface area contributed by atoms with Gasteiger partial charge in [0.1, 0.15) is 31.2 Å². The summed E-state index contributed by atoms with van der Waals surface area (Å²) in [5.74, 6) is -0.779. The van der Waals surface area contributed by atoms with Gasteiger partial charge in [-0.1, -0.05) is 0 Å². The Morgan fingerprint density at radius 2 is 1.79 bits per heavy atom. The van der Waals surface area contributed by atoms with Gasteiger partial charge < -0.3 is 24.3 Å². The zero-order valence-corrected chi connectivity index (χ0v) is 16.2. The normalized spacial score (nSPS) is 17.9. The highest BCUT2D eigenvalue weighted by Gasteiger charge is 2.13. The monoisotopic (exact) mass is 475 g/mol. The van der Waals surface area contributed by atoms with E-state index in [2.05, 4.69) is 40.7 Å². The molecule has 0 radical (unpaired) electrons. The van der Waals surface area contributed by atoms with Crippen molar-refractivity contribution >= 4 is 38.3 Å². The summed E-state index contributed by atoms with van der Waals surface area (Å²) in [6, 6.07) is 6.84. The van der Waals surface area contributed by atoms with E-state index in [-0.39, 0.29) is 32.7 Å². The first kappa shape index (κ1) is 11.6. The summed E-state index contributed by atoms with van der Waals surface area (Å²) in [7, 11) is -6.12. The summed E-state index contributed by atoms with van der Waals surface area (Å²) in [6.07, 6.45) is 1.18. The van der Waals surface area contributed by atoms with Gasteiger partial charge in [0, 0.05) is 31.2 Å². The van der Waals surface area contributed by atoms with Gasteiger partial charge in [0.2, 0.25) is 0 Å². The minimum atomic E-state index is -3.07. The second kappa shape index (κ2) is 10.3. The second-order valence-corrected chi connectivity index (χ2v) is 6.22. The van der Waals surface area contributed by atoms with E-state index in [4.69, 9.17) is 23.2 Å². The van der Waals surface area contributed by atoms with Crippen molar-refractivity contribution in [3.05, 3.63) is 46.9 Å². The van der Waals surface area contributed by atoms with Crippen LogP contribution in [0.15, 0.2) is 41.1 Å². The van der Waals surface area contributed by atoms with Crippen LogP contribution in [0.3, 0.4) is 0 Å². The fourth-order valence-corrected chi connectivity index (χ4v) is 2.62. The minimum Gasteiger partial charge on any atom is -0.487 e. The summed E-state index contributed by atoms with van der Waals surface area (Å²) >= 11 is 3.07. The van der Waals surface area contributed by atoms with Crippen LogP contribution in [0.5, 0.6) is 11.5 Å². The van der Waals surface area contributed by atoms with Crippen LogP contribution in [0.2, 0.25) is 0 Å². The van der Waals surface area contributed by atoms with E-state index in [1.165, 1.54) is 30.6 Å². The Balaban J connectivity index is 1.99. The minimum absolute atomic E-state index is 0.181. The molecule has 3 aromatic rings. The predicted octanol–water partition coefficient (Wildman–Crippen LogP) is 4.33. The highest BCUT2D eigenvalue weighted by molar-refractivity contribution is 9.10. The van der Waals surface area contributed by atoms with Gasteiger partial charge in [-0.2, -0.15) is 0 Å². The number of nitrogens with one attached hydrogen (secondary N) is 1. The van der Waals surface area contributed by atoms with Crippen LogP contribution in [-0.2, 0) is 9.47 Å². The zero-order valence-electron chi connectivity index (χ0n) is 24.7. The molecule has 0 unspecified atom stereocenters. The Kier molecular flexibility index (Phi) is 4.15. The van der Waals surface area contributed by atoms with Gasteiger partial charge in [0.25, 0.3) is 0 Å². The van der Waals surface area contributed by atoms with E-state index in [1.54, 1.807) is 6.07 Å².